The third kappa shape index (κ3) is 2.47. The smallest absolute Gasteiger partial charge is 0.230 e. The normalized spacial score (nSPS) is 10.8. The Morgan fingerprint density at radius 1 is 0.857 bits per heavy atom. The van der Waals surface area contributed by atoms with E-state index < -0.39 is 17.5 Å². The lowest BCUT2D eigenvalue weighted by Crippen LogP contribution is -1.90. The Labute approximate surface area is 117 Å². The Morgan fingerprint density at radius 2 is 1.52 bits per heavy atom. The van der Waals surface area contributed by atoms with E-state index in [4.69, 9.17) is 10.3 Å². The van der Waals surface area contributed by atoms with Crippen LogP contribution in [0, 0.1) is 17.5 Å². The third-order valence-corrected chi connectivity index (χ3v) is 2.97. The maximum atomic E-state index is 13.4. The summed E-state index contributed by atoms with van der Waals surface area (Å²) in [5, 5.41) is 3.75. The topological polar surface area (TPSA) is 52.0 Å². The van der Waals surface area contributed by atoms with Gasteiger partial charge >= 0.3 is 0 Å². The van der Waals surface area contributed by atoms with Gasteiger partial charge in [-0.15, -0.1) is 0 Å². The van der Waals surface area contributed by atoms with Crippen LogP contribution in [0.3, 0.4) is 0 Å². The number of nitrogens with zero attached hydrogens (tertiary/aromatic N) is 1. The van der Waals surface area contributed by atoms with Gasteiger partial charge in [0.25, 0.3) is 0 Å². The molecule has 0 fully saturated rings. The number of rotatable bonds is 2. The van der Waals surface area contributed by atoms with Crippen LogP contribution in [0.2, 0.25) is 0 Å². The lowest BCUT2D eigenvalue weighted by Gasteiger charge is -2.04. The summed E-state index contributed by atoms with van der Waals surface area (Å²) < 4.78 is 44.9. The van der Waals surface area contributed by atoms with E-state index in [1.165, 1.54) is 18.2 Å². The van der Waals surface area contributed by atoms with Crippen molar-refractivity contribution in [2.24, 2.45) is 0 Å². The zero-order valence-corrected chi connectivity index (χ0v) is 10.6. The molecular formula is C15H9F3N2O. The number of anilines is 1. The minimum atomic E-state index is -0.754. The largest absolute Gasteiger partial charge is 0.367 e. The van der Waals surface area contributed by atoms with Crippen LogP contribution < -0.4 is 5.73 Å². The van der Waals surface area contributed by atoms with Crippen molar-refractivity contribution in [1.29, 1.82) is 0 Å². The molecular weight excluding hydrogens is 281 g/mol. The molecule has 1 aromatic heterocycles. The van der Waals surface area contributed by atoms with Crippen LogP contribution in [0.15, 0.2) is 47.0 Å². The zero-order valence-electron chi connectivity index (χ0n) is 10.6. The maximum absolute atomic E-state index is 13.4. The quantitative estimate of drug-likeness (QED) is 0.776. The Bertz CT molecular complexity index is 794. The van der Waals surface area contributed by atoms with Crippen LogP contribution >= 0.6 is 0 Å². The van der Waals surface area contributed by atoms with Crippen molar-refractivity contribution in [2.75, 3.05) is 5.73 Å². The van der Waals surface area contributed by atoms with Gasteiger partial charge < -0.3 is 10.3 Å². The first-order valence-corrected chi connectivity index (χ1v) is 6.02. The Hall–Kier alpha value is -2.76. The summed E-state index contributed by atoms with van der Waals surface area (Å²) in [5.74, 6) is -2.07. The number of nitrogen functional groups attached to an aromatic ring is 1. The van der Waals surface area contributed by atoms with Gasteiger partial charge in [-0.3, -0.25) is 0 Å². The van der Waals surface area contributed by atoms with Crippen molar-refractivity contribution in [3.05, 3.63) is 59.9 Å². The highest BCUT2D eigenvalue weighted by atomic mass is 19.1. The standard InChI is InChI=1S/C15H9F3N2O/c16-10-3-1-2-8(4-10)14-13(15(19)21-20-14)9-5-11(17)7-12(18)6-9/h1-7H,19H2. The Morgan fingerprint density at radius 3 is 2.19 bits per heavy atom. The Kier molecular flexibility index (Phi) is 3.13. The van der Waals surface area contributed by atoms with Crippen molar-refractivity contribution in [3.63, 3.8) is 0 Å². The number of hydrogen-bond donors (Lipinski definition) is 1. The summed E-state index contributed by atoms with van der Waals surface area (Å²) in [6.07, 6.45) is 0. The molecule has 6 heteroatoms. The molecule has 2 aromatic carbocycles. The summed E-state index contributed by atoms with van der Waals surface area (Å²) in [6.45, 7) is 0. The molecule has 0 radical (unpaired) electrons. The van der Waals surface area contributed by atoms with E-state index in [-0.39, 0.29) is 22.7 Å². The van der Waals surface area contributed by atoms with Gasteiger partial charge in [-0.2, -0.15) is 0 Å². The second-order valence-corrected chi connectivity index (χ2v) is 4.44. The van der Waals surface area contributed by atoms with Crippen LogP contribution in [-0.4, -0.2) is 5.16 Å². The van der Waals surface area contributed by atoms with E-state index in [0.717, 1.165) is 18.2 Å². The highest BCUT2D eigenvalue weighted by Gasteiger charge is 2.19. The molecule has 3 rings (SSSR count). The van der Waals surface area contributed by atoms with Crippen molar-refractivity contribution in [2.45, 2.75) is 0 Å². The van der Waals surface area contributed by atoms with Gasteiger partial charge in [0, 0.05) is 11.6 Å². The van der Waals surface area contributed by atoms with E-state index in [0.29, 0.717) is 5.56 Å². The number of nitrogens with two attached hydrogens (primary N) is 1. The summed E-state index contributed by atoms with van der Waals surface area (Å²) in [7, 11) is 0. The van der Waals surface area contributed by atoms with E-state index in [2.05, 4.69) is 5.16 Å². The molecule has 0 saturated carbocycles. The van der Waals surface area contributed by atoms with Gasteiger partial charge in [0.2, 0.25) is 5.88 Å². The van der Waals surface area contributed by atoms with Crippen LogP contribution in [0.4, 0.5) is 19.1 Å². The van der Waals surface area contributed by atoms with Gasteiger partial charge in [0.15, 0.2) is 0 Å². The highest BCUT2D eigenvalue weighted by Crippen LogP contribution is 2.36. The molecule has 2 N–H and O–H groups in total. The zero-order chi connectivity index (χ0) is 15.0. The van der Waals surface area contributed by atoms with Crippen LogP contribution in [0.25, 0.3) is 22.4 Å². The second-order valence-electron chi connectivity index (χ2n) is 4.44. The molecule has 0 atom stereocenters. The van der Waals surface area contributed by atoms with E-state index >= 15 is 0 Å². The third-order valence-electron chi connectivity index (χ3n) is 2.97. The molecule has 0 aliphatic heterocycles. The molecule has 0 bridgehead atoms. The molecule has 0 spiro atoms. The monoisotopic (exact) mass is 290 g/mol. The molecule has 3 nitrogen and oxygen atoms in total. The predicted molar refractivity (Wildman–Crippen MR) is 71.7 cm³/mol. The van der Waals surface area contributed by atoms with Gasteiger partial charge in [0.1, 0.15) is 23.1 Å². The average Bonchev–Trinajstić information content (AvgIpc) is 2.79. The summed E-state index contributed by atoms with van der Waals surface area (Å²) >= 11 is 0. The van der Waals surface area contributed by atoms with Crippen LogP contribution in [-0.2, 0) is 0 Å². The van der Waals surface area contributed by atoms with Gasteiger partial charge in [-0.25, -0.2) is 13.2 Å². The fourth-order valence-corrected chi connectivity index (χ4v) is 2.11. The molecule has 0 aliphatic rings. The molecule has 0 amide bonds. The molecule has 0 unspecified atom stereocenters. The van der Waals surface area contributed by atoms with E-state index in [1.54, 1.807) is 6.07 Å². The van der Waals surface area contributed by atoms with Gasteiger partial charge in [0.05, 0.1) is 5.56 Å². The van der Waals surface area contributed by atoms with Crippen molar-refractivity contribution < 1.29 is 17.7 Å². The minimum absolute atomic E-state index is 0.0979. The van der Waals surface area contributed by atoms with E-state index in [1.807, 2.05) is 0 Å². The molecule has 1 heterocycles. The van der Waals surface area contributed by atoms with E-state index in [9.17, 15) is 13.2 Å². The van der Waals surface area contributed by atoms with Crippen molar-refractivity contribution in [3.8, 4) is 22.4 Å². The summed E-state index contributed by atoms with van der Waals surface area (Å²) in [6, 6.07) is 8.55. The first-order valence-electron chi connectivity index (χ1n) is 6.02. The average molecular weight is 290 g/mol. The SMILES string of the molecule is Nc1onc(-c2cccc(F)c2)c1-c1cc(F)cc(F)c1. The predicted octanol–water partition coefficient (Wildman–Crippen LogP) is 4.01. The second kappa shape index (κ2) is 4.97. The molecule has 21 heavy (non-hydrogen) atoms. The summed E-state index contributed by atoms with van der Waals surface area (Å²) in [4.78, 5) is 0. The maximum Gasteiger partial charge on any atom is 0.230 e. The Balaban J connectivity index is 2.22. The summed E-state index contributed by atoms with van der Waals surface area (Å²) in [5.41, 5.74) is 6.69. The number of hydrogen-bond acceptors (Lipinski definition) is 3. The first kappa shape index (κ1) is 13.2. The minimum Gasteiger partial charge on any atom is -0.367 e. The highest BCUT2D eigenvalue weighted by molar-refractivity contribution is 5.86. The number of aromatic nitrogens is 1. The number of halogens is 3. The van der Waals surface area contributed by atoms with Gasteiger partial charge in [-0.05, 0) is 29.8 Å². The molecule has 3 aromatic rings. The fourth-order valence-electron chi connectivity index (χ4n) is 2.11. The van der Waals surface area contributed by atoms with Crippen molar-refractivity contribution >= 4 is 5.88 Å². The molecule has 0 aliphatic carbocycles. The first-order chi connectivity index (χ1) is 10.0. The van der Waals surface area contributed by atoms with Crippen LogP contribution in [0.1, 0.15) is 0 Å². The fraction of sp³-hybridized carbons (Fsp3) is 0. The number of benzene rings is 2. The lowest BCUT2D eigenvalue weighted by atomic mass is 10.0. The molecule has 106 valence electrons. The van der Waals surface area contributed by atoms with Gasteiger partial charge in [-0.1, -0.05) is 17.3 Å². The van der Waals surface area contributed by atoms with Crippen molar-refractivity contribution in [1.82, 2.24) is 5.16 Å². The molecule has 0 saturated heterocycles. The van der Waals surface area contributed by atoms with Crippen LogP contribution in [0.5, 0.6) is 0 Å². The lowest BCUT2D eigenvalue weighted by molar-refractivity contribution is 0.439.